The van der Waals surface area contributed by atoms with Crippen LogP contribution in [-0.2, 0) is 14.6 Å². The van der Waals surface area contributed by atoms with Crippen molar-refractivity contribution in [1.29, 1.82) is 0 Å². The minimum absolute atomic E-state index is 0.0608. The van der Waals surface area contributed by atoms with Gasteiger partial charge in [0.2, 0.25) is 15.7 Å². The molecule has 0 heterocycles. The van der Waals surface area contributed by atoms with Crippen molar-refractivity contribution in [2.24, 2.45) is 0 Å². The van der Waals surface area contributed by atoms with Gasteiger partial charge in [-0.15, -0.1) is 0 Å². The second-order valence-corrected chi connectivity index (χ2v) is 9.64. The fourth-order valence-corrected chi connectivity index (χ4v) is 5.02. The number of sulfone groups is 1. The Bertz CT molecular complexity index is 1270. The van der Waals surface area contributed by atoms with Gasteiger partial charge in [-0.05, 0) is 68.3 Å². The Morgan fingerprint density at radius 2 is 1.55 bits per heavy atom. The average Bonchev–Trinajstić information content (AvgIpc) is 2.79. The molecule has 2 N–H and O–H groups in total. The van der Waals surface area contributed by atoms with Crippen molar-refractivity contribution < 1.29 is 22.7 Å². The van der Waals surface area contributed by atoms with Crippen LogP contribution in [0.5, 0.6) is 11.5 Å². The number of benzene rings is 3. The molecule has 0 aliphatic carbocycles. The van der Waals surface area contributed by atoms with Crippen LogP contribution in [-0.4, -0.2) is 35.1 Å². The predicted molar refractivity (Wildman–Crippen MR) is 129 cm³/mol. The molecule has 0 unspecified atom stereocenters. The van der Waals surface area contributed by atoms with Gasteiger partial charge in [0.1, 0.15) is 11.5 Å². The summed E-state index contributed by atoms with van der Waals surface area (Å²) < 4.78 is 37.0. The average molecular weight is 469 g/mol. The van der Waals surface area contributed by atoms with Gasteiger partial charge in [0.05, 0.1) is 36.2 Å². The van der Waals surface area contributed by atoms with Crippen molar-refractivity contribution >= 4 is 27.1 Å². The molecule has 0 saturated heterocycles. The second kappa shape index (κ2) is 9.95. The summed E-state index contributed by atoms with van der Waals surface area (Å²) in [6.45, 7) is 5.39. The Morgan fingerprint density at radius 3 is 2.18 bits per heavy atom. The summed E-state index contributed by atoms with van der Waals surface area (Å²) in [7, 11) is -0.651. The minimum atomic E-state index is -3.71. The van der Waals surface area contributed by atoms with Crippen molar-refractivity contribution in [2.45, 2.75) is 30.6 Å². The maximum absolute atomic E-state index is 13.2. The van der Waals surface area contributed by atoms with E-state index in [0.29, 0.717) is 28.4 Å². The van der Waals surface area contributed by atoms with Crippen LogP contribution in [0.2, 0.25) is 0 Å². The number of nitrogens with one attached hydrogen (secondary N) is 2. The summed E-state index contributed by atoms with van der Waals surface area (Å²) in [5.41, 5.74) is 3.35. The molecular formula is C25H28N2O5S. The monoisotopic (exact) mass is 468 g/mol. The van der Waals surface area contributed by atoms with E-state index in [0.717, 1.165) is 11.1 Å². The molecule has 3 aromatic carbocycles. The van der Waals surface area contributed by atoms with Crippen molar-refractivity contribution in [1.82, 2.24) is 0 Å². The number of carbonyl (C=O) groups is 1. The predicted octanol–water partition coefficient (Wildman–Crippen LogP) is 4.51. The lowest BCUT2D eigenvalue weighted by Gasteiger charge is -2.16. The highest BCUT2D eigenvalue weighted by atomic mass is 32.2. The Morgan fingerprint density at radius 1 is 0.848 bits per heavy atom. The Hall–Kier alpha value is -3.52. The number of amides is 1. The van der Waals surface area contributed by atoms with Gasteiger partial charge in [0, 0.05) is 11.8 Å². The van der Waals surface area contributed by atoms with Crippen LogP contribution in [0, 0.1) is 20.8 Å². The van der Waals surface area contributed by atoms with Gasteiger partial charge in [0.25, 0.3) is 0 Å². The molecule has 8 heteroatoms. The first-order valence-corrected chi connectivity index (χ1v) is 11.8. The number of aryl methyl sites for hydroxylation is 2. The number of anilines is 2. The Labute approximate surface area is 194 Å². The molecule has 0 radical (unpaired) electrons. The summed E-state index contributed by atoms with van der Waals surface area (Å²) >= 11 is 0. The summed E-state index contributed by atoms with van der Waals surface area (Å²) in [5, 5.41) is 5.86. The first-order valence-electron chi connectivity index (χ1n) is 10.3. The number of hydrogen-bond donors (Lipinski definition) is 2. The number of carbonyl (C=O) groups excluding carboxylic acids is 1. The standard InChI is InChI=1S/C25H28N2O5S/c1-16-6-9-20(10-7-16)33(29,30)24-13-17(2)12-21(18(24)3)26-15-25(28)27-22-14-19(31-4)8-11-23(22)32-5/h6-14,26H,15H2,1-5H3,(H,27,28). The van der Waals surface area contributed by atoms with Crippen LogP contribution in [0.3, 0.4) is 0 Å². The highest BCUT2D eigenvalue weighted by Gasteiger charge is 2.22. The third kappa shape index (κ3) is 5.46. The van der Waals surface area contributed by atoms with E-state index in [1.165, 1.54) is 14.2 Å². The SMILES string of the molecule is COc1ccc(OC)c(NC(=O)CNc2cc(C)cc(S(=O)(=O)c3ccc(C)cc3)c2C)c1. The Kier molecular flexibility index (Phi) is 7.28. The van der Waals surface area contributed by atoms with Gasteiger partial charge < -0.3 is 20.1 Å². The molecule has 33 heavy (non-hydrogen) atoms. The van der Waals surface area contributed by atoms with Crippen molar-refractivity contribution in [2.75, 3.05) is 31.4 Å². The fraction of sp³-hybridized carbons (Fsp3) is 0.240. The first-order chi connectivity index (χ1) is 15.6. The maximum atomic E-state index is 13.2. The quantitative estimate of drug-likeness (QED) is 0.505. The van der Waals surface area contributed by atoms with Gasteiger partial charge in [-0.3, -0.25) is 4.79 Å². The van der Waals surface area contributed by atoms with E-state index >= 15 is 0 Å². The van der Waals surface area contributed by atoms with Crippen molar-refractivity contribution in [3.63, 3.8) is 0 Å². The maximum Gasteiger partial charge on any atom is 0.243 e. The Balaban J connectivity index is 1.82. The molecule has 3 rings (SSSR count). The zero-order valence-corrected chi connectivity index (χ0v) is 20.2. The highest BCUT2D eigenvalue weighted by Crippen LogP contribution is 2.31. The summed E-state index contributed by atoms with van der Waals surface area (Å²) in [6, 6.07) is 15.3. The van der Waals surface area contributed by atoms with Crippen molar-refractivity contribution in [3.8, 4) is 11.5 Å². The van der Waals surface area contributed by atoms with E-state index in [-0.39, 0.29) is 22.2 Å². The lowest BCUT2D eigenvalue weighted by Crippen LogP contribution is -2.22. The summed E-state index contributed by atoms with van der Waals surface area (Å²) in [4.78, 5) is 13.0. The normalized spacial score (nSPS) is 11.1. The summed E-state index contributed by atoms with van der Waals surface area (Å²) in [6.07, 6.45) is 0. The molecule has 174 valence electrons. The smallest absolute Gasteiger partial charge is 0.243 e. The van der Waals surface area contributed by atoms with E-state index in [1.54, 1.807) is 55.5 Å². The van der Waals surface area contributed by atoms with E-state index in [1.807, 2.05) is 19.9 Å². The molecule has 0 bridgehead atoms. The topological polar surface area (TPSA) is 93.7 Å². The van der Waals surface area contributed by atoms with Crippen LogP contribution < -0.4 is 20.1 Å². The molecule has 0 atom stereocenters. The van der Waals surface area contributed by atoms with Crippen LogP contribution in [0.15, 0.2) is 64.4 Å². The minimum Gasteiger partial charge on any atom is -0.497 e. The van der Waals surface area contributed by atoms with E-state index < -0.39 is 9.84 Å². The van der Waals surface area contributed by atoms with E-state index in [9.17, 15) is 13.2 Å². The molecule has 7 nitrogen and oxygen atoms in total. The second-order valence-electron chi connectivity index (χ2n) is 7.72. The number of hydrogen-bond acceptors (Lipinski definition) is 6. The van der Waals surface area contributed by atoms with Gasteiger partial charge in [-0.25, -0.2) is 8.42 Å². The van der Waals surface area contributed by atoms with Crippen LogP contribution in [0.1, 0.15) is 16.7 Å². The summed E-state index contributed by atoms with van der Waals surface area (Å²) in [5.74, 6) is 0.771. The van der Waals surface area contributed by atoms with Gasteiger partial charge in [0.15, 0.2) is 0 Å². The molecule has 0 aliphatic rings. The number of rotatable bonds is 8. The molecule has 0 aromatic heterocycles. The third-order valence-corrected chi connectivity index (χ3v) is 7.14. The lowest BCUT2D eigenvalue weighted by atomic mass is 10.1. The number of methoxy groups -OCH3 is 2. The van der Waals surface area contributed by atoms with Gasteiger partial charge in [-0.2, -0.15) is 0 Å². The molecule has 0 spiro atoms. The van der Waals surface area contributed by atoms with E-state index in [4.69, 9.17) is 9.47 Å². The van der Waals surface area contributed by atoms with E-state index in [2.05, 4.69) is 10.6 Å². The first kappa shape index (κ1) is 24.1. The molecule has 3 aromatic rings. The lowest BCUT2D eigenvalue weighted by molar-refractivity contribution is -0.114. The van der Waals surface area contributed by atoms with Crippen LogP contribution in [0.4, 0.5) is 11.4 Å². The molecule has 0 fully saturated rings. The van der Waals surface area contributed by atoms with Crippen molar-refractivity contribution in [3.05, 3.63) is 71.3 Å². The largest absolute Gasteiger partial charge is 0.497 e. The zero-order valence-electron chi connectivity index (χ0n) is 19.4. The molecule has 1 amide bonds. The zero-order chi connectivity index (χ0) is 24.2. The fourth-order valence-electron chi connectivity index (χ4n) is 3.41. The number of ether oxygens (including phenoxy) is 2. The van der Waals surface area contributed by atoms with Gasteiger partial charge in [-0.1, -0.05) is 17.7 Å². The van der Waals surface area contributed by atoms with Crippen LogP contribution in [0.25, 0.3) is 0 Å². The molecule has 0 aliphatic heterocycles. The van der Waals surface area contributed by atoms with Gasteiger partial charge >= 0.3 is 0 Å². The highest BCUT2D eigenvalue weighted by molar-refractivity contribution is 7.91. The third-order valence-electron chi connectivity index (χ3n) is 5.25. The molecule has 0 saturated carbocycles. The molecular weight excluding hydrogens is 440 g/mol. The van der Waals surface area contributed by atoms with Crippen LogP contribution >= 0.6 is 0 Å².